The highest BCUT2D eigenvalue weighted by Gasteiger charge is 2.33. The van der Waals surface area contributed by atoms with Gasteiger partial charge < -0.3 is 14.2 Å². The van der Waals surface area contributed by atoms with Gasteiger partial charge in [-0.3, -0.25) is 0 Å². The Labute approximate surface area is 73.0 Å². The van der Waals surface area contributed by atoms with Crippen molar-refractivity contribution in [2.75, 3.05) is 13.2 Å². The number of epoxide rings is 1. The zero-order valence-corrected chi connectivity index (χ0v) is 7.71. The van der Waals surface area contributed by atoms with Crippen LogP contribution in [0.3, 0.4) is 0 Å². The number of hydrogen-bond acceptors (Lipinski definition) is 3. The van der Waals surface area contributed by atoms with Crippen molar-refractivity contribution in [3.05, 3.63) is 0 Å². The van der Waals surface area contributed by atoms with Gasteiger partial charge in [0.1, 0.15) is 0 Å². The van der Waals surface area contributed by atoms with Gasteiger partial charge in [0.2, 0.25) is 0 Å². The van der Waals surface area contributed by atoms with Gasteiger partial charge in [0.25, 0.3) is 0 Å². The fraction of sp³-hybridized carbons (Fsp3) is 1.00. The van der Waals surface area contributed by atoms with Crippen molar-refractivity contribution in [3.8, 4) is 0 Å². The van der Waals surface area contributed by atoms with Gasteiger partial charge in [-0.1, -0.05) is 0 Å². The van der Waals surface area contributed by atoms with E-state index >= 15 is 0 Å². The van der Waals surface area contributed by atoms with E-state index in [0.717, 1.165) is 26.1 Å². The molecule has 0 aliphatic carbocycles. The van der Waals surface area contributed by atoms with Crippen LogP contribution in [0.5, 0.6) is 0 Å². The van der Waals surface area contributed by atoms with Gasteiger partial charge >= 0.3 is 0 Å². The smallest absolute Gasteiger partial charge is 0.163 e. The van der Waals surface area contributed by atoms with Crippen molar-refractivity contribution >= 4 is 0 Å². The van der Waals surface area contributed by atoms with E-state index in [1.807, 2.05) is 13.8 Å². The van der Waals surface area contributed by atoms with Crippen molar-refractivity contribution in [1.29, 1.82) is 0 Å². The zero-order chi connectivity index (χ0) is 8.60. The highest BCUT2D eigenvalue weighted by atomic mass is 16.7. The van der Waals surface area contributed by atoms with Crippen LogP contribution in [-0.2, 0) is 14.2 Å². The summed E-state index contributed by atoms with van der Waals surface area (Å²) in [6.07, 6.45) is 2.97. The number of rotatable bonds is 3. The summed E-state index contributed by atoms with van der Waals surface area (Å²) in [5, 5.41) is 0. The van der Waals surface area contributed by atoms with E-state index in [-0.39, 0.29) is 11.9 Å². The molecule has 0 amide bonds. The molecular formula is C9H16O3. The van der Waals surface area contributed by atoms with Crippen molar-refractivity contribution in [2.24, 2.45) is 0 Å². The van der Waals surface area contributed by atoms with E-state index in [0.29, 0.717) is 6.10 Å². The molecule has 0 unspecified atom stereocenters. The topological polar surface area (TPSA) is 31.0 Å². The molecule has 0 spiro atoms. The zero-order valence-electron chi connectivity index (χ0n) is 7.71. The Hall–Kier alpha value is -0.120. The molecule has 0 aromatic carbocycles. The second-order valence-electron chi connectivity index (χ2n) is 3.98. The minimum Gasteiger partial charge on any atom is -0.373 e. The standard InChI is InChI=1S/C9H16O3/c1-9(2)11-6-8(12-9)4-3-7-5-10-7/h7-8H,3-6H2,1-2H3/t7-,8-/m0/s1. The SMILES string of the molecule is CC1(C)OC[C@H](CC[C@H]2CO2)O1. The third-order valence-electron chi connectivity index (χ3n) is 2.28. The van der Waals surface area contributed by atoms with Crippen molar-refractivity contribution in [1.82, 2.24) is 0 Å². The molecule has 2 fully saturated rings. The number of ether oxygens (including phenoxy) is 3. The van der Waals surface area contributed by atoms with Crippen molar-refractivity contribution < 1.29 is 14.2 Å². The Balaban J connectivity index is 1.68. The van der Waals surface area contributed by atoms with Crippen LogP contribution < -0.4 is 0 Å². The predicted molar refractivity (Wildman–Crippen MR) is 43.9 cm³/mol. The molecule has 2 atom stereocenters. The summed E-state index contributed by atoms with van der Waals surface area (Å²) in [7, 11) is 0. The Bertz CT molecular complexity index is 163. The monoisotopic (exact) mass is 172 g/mol. The second-order valence-corrected chi connectivity index (χ2v) is 3.98. The Kier molecular flexibility index (Phi) is 2.10. The lowest BCUT2D eigenvalue weighted by atomic mass is 10.2. The van der Waals surface area contributed by atoms with Crippen LogP contribution in [0.1, 0.15) is 26.7 Å². The molecule has 2 rings (SSSR count). The van der Waals surface area contributed by atoms with Crippen LogP contribution in [0.2, 0.25) is 0 Å². The molecule has 0 radical (unpaired) electrons. The highest BCUT2D eigenvalue weighted by Crippen LogP contribution is 2.27. The first-order valence-electron chi connectivity index (χ1n) is 4.59. The summed E-state index contributed by atoms with van der Waals surface area (Å²) in [6.45, 7) is 5.60. The maximum absolute atomic E-state index is 5.65. The molecule has 0 bridgehead atoms. The predicted octanol–water partition coefficient (Wildman–Crippen LogP) is 1.32. The molecule has 2 saturated heterocycles. The largest absolute Gasteiger partial charge is 0.373 e. The molecule has 0 aromatic heterocycles. The van der Waals surface area contributed by atoms with Gasteiger partial charge in [0, 0.05) is 0 Å². The maximum Gasteiger partial charge on any atom is 0.163 e. The summed E-state index contributed by atoms with van der Waals surface area (Å²) in [6, 6.07) is 0. The summed E-state index contributed by atoms with van der Waals surface area (Å²) in [5.74, 6) is -0.366. The Morgan fingerprint density at radius 1 is 1.17 bits per heavy atom. The van der Waals surface area contributed by atoms with Crippen molar-refractivity contribution in [3.63, 3.8) is 0 Å². The molecule has 2 aliphatic rings. The fourth-order valence-electron chi connectivity index (χ4n) is 1.51. The van der Waals surface area contributed by atoms with E-state index < -0.39 is 0 Å². The van der Waals surface area contributed by atoms with Gasteiger partial charge in [-0.25, -0.2) is 0 Å². The average Bonchev–Trinajstić information content (AvgIpc) is 2.74. The number of hydrogen-bond donors (Lipinski definition) is 0. The van der Waals surface area contributed by atoms with Crippen LogP contribution in [0.4, 0.5) is 0 Å². The highest BCUT2D eigenvalue weighted by molar-refractivity contribution is 4.75. The molecule has 2 heterocycles. The minimum absolute atomic E-state index is 0.282. The van der Waals surface area contributed by atoms with Crippen LogP contribution in [0, 0.1) is 0 Å². The molecule has 0 saturated carbocycles. The van der Waals surface area contributed by atoms with E-state index in [9.17, 15) is 0 Å². The normalized spacial score (nSPS) is 38.5. The molecule has 3 heteroatoms. The molecule has 0 N–H and O–H groups in total. The van der Waals surface area contributed by atoms with Crippen LogP contribution >= 0.6 is 0 Å². The molecule has 70 valence electrons. The van der Waals surface area contributed by atoms with Gasteiger partial charge in [-0.05, 0) is 26.7 Å². The third kappa shape index (κ3) is 2.19. The molecule has 3 nitrogen and oxygen atoms in total. The maximum atomic E-state index is 5.65. The minimum atomic E-state index is -0.366. The fourth-order valence-corrected chi connectivity index (χ4v) is 1.51. The van der Waals surface area contributed by atoms with Crippen LogP contribution in [-0.4, -0.2) is 31.2 Å². The van der Waals surface area contributed by atoms with E-state index in [2.05, 4.69) is 0 Å². The van der Waals surface area contributed by atoms with Crippen molar-refractivity contribution in [2.45, 2.75) is 44.7 Å². The molecule has 12 heavy (non-hydrogen) atoms. The van der Waals surface area contributed by atoms with E-state index in [4.69, 9.17) is 14.2 Å². The summed E-state index contributed by atoms with van der Waals surface area (Å²) in [5.41, 5.74) is 0. The third-order valence-corrected chi connectivity index (χ3v) is 2.28. The summed E-state index contributed by atoms with van der Waals surface area (Å²) in [4.78, 5) is 0. The van der Waals surface area contributed by atoms with Gasteiger partial charge in [0.15, 0.2) is 5.79 Å². The first kappa shape index (κ1) is 8.48. The lowest BCUT2D eigenvalue weighted by Gasteiger charge is -2.16. The van der Waals surface area contributed by atoms with Gasteiger partial charge in [0.05, 0.1) is 25.4 Å². The van der Waals surface area contributed by atoms with Gasteiger partial charge in [-0.15, -0.1) is 0 Å². The first-order chi connectivity index (χ1) is 5.66. The van der Waals surface area contributed by atoms with E-state index in [1.165, 1.54) is 0 Å². The quantitative estimate of drug-likeness (QED) is 0.601. The Morgan fingerprint density at radius 2 is 1.83 bits per heavy atom. The Morgan fingerprint density at radius 3 is 2.33 bits per heavy atom. The molecule has 2 aliphatic heterocycles. The second kappa shape index (κ2) is 2.98. The summed E-state index contributed by atoms with van der Waals surface area (Å²) >= 11 is 0. The molecule has 0 aromatic rings. The first-order valence-corrected chi connectivity index (χ1v) is 4.59. The molecular weight excluding hydrogens is 156 g/mol. The summed E-state index contributed by atoms with van der Waals surface area (Å²) < 4.78 is 16.2. The van der Waals surface area contributed by atoms with Crippen LogP contribution in [0.25, 0.3) is 0 Å². The lowest BCUT2D eigenvalue weighted by Crippen LogP contribution is -2.21. The van der Waals surface area contributed by atoms with Crippen LogP contribution in [0.15, 0.2) is 0 Å². The average molecular weight is 172 g/mol. The lowest BCUT2D eigenvalue weighted by molar-refractivity contribution is -0.139. The van der Waals surface area contributed by atoms with E-state index in [1.54, 1.807) is 0 Å². The van der Waals surface area contributed by atoms with Gasteiger partial charge in [-0.2, -0.15) is 0 Å².